The smallest absolute Gasteiger partial charge is 0.354 e. The molecule has 1 aromatic carbocycles. The summed E-state index contributed by atoms with van der Waals surface area (Å²) >= 11 is 0. The van der Waals surface area contributed by atoms with Gasteiger partial charge < -0.3 is 9.84 Å². The summed E-state index contributed by atoms with van der Waals surface area (Å²) in [5.41, 5.74) is 1.54. The van der Waals surface area contributed by atoms with Crippen molar-refractivity contribution in [3.63, 3.8) is 0 Å². The van der Waals surface area contributed by atoms with Crippen LogP contribution in [0.15, 0.2) is 42.5 Å². The van der Waals surface area contributed by atoms with Gasteiger partial charge in [-0.3, -0.25) is 0 Å². The molecule has 98 valence electrons. The van der Waals surface area contributed by atoms with E-state index in [4.69, 9.17) is 9.84 Å². The van der Waals surface area contributed by atoms with Gasteiger partial charge in [0.2, 0.25) is 0 Å². The Kier molecular flexibility index (Phi) is 2.80. The highest BCUT2D eigenvalue weighted by atomic mass is 16.5. The van der Waals surface area contributed by atoms with Crippen LogP contribution in [0.4, 0.5) is 0 Å². The van der Waals surface area contributed by atoms with Gasteiger partial charge in [0.1, 0.15) is 11.5 Å². The van der Waals surface area contributed by atoms with Crippen LogP contribution < -0.4 is 0 Å². The number of carbonyl (C=O) groups is 2. The summed E-state index contributed by atoms with van der Waals surface area (Å²) in [4.78, 5) is 26.5. The molecule has 0 atom stereocenters. The molecular formula is C15H9NO4. The van der Waals surface area contributed by atoms with E-state index in [1.807, 2.05) is 0 Å². The van der Waals surface area contributed by atoms with E-state index in [0.717, 1.165) is 0 Å². The summed E-state index contributed by atoms with van der Waals surface area (Å²) in [5, 5.41) is 8.90. The lowest BCUT2D eigenvalue weighted by Crippen LogP contribution is -2.00. The fourth-order valence-corrected chi connectivity index (χ4v) is 1.98. The van der Waals surface area contributed by atoms with E-state index in [9.17, 15) is 9.59 Å². The van der Waals surface area contributed by atoms with Gasteiger partial charge in [0, 0.05) is 11.6 Å². The molecule has 0 radical (unpaired) electrons. The SMILES string of the molecule is O=C(O)c1cccc(C=C2OC(=O)c3ccccc32)n1. The van der Waals surface area contributed by atoms with Crippen molar-refractivity contribution in [3.8, 4) is 0 Å². The van der Waals surface area contributed by atoms with Crippen LogP contribution in [0.2, 0.25) is 0 Å². The number of nitrogens with zero attached hydrogens (tertiary/aromatic N) is 1. The zero-order valence-electron chi connectivity index (χ0n) is 10.2. The van der Waals surface area contributed by atoms with E-state index in [-0.39, 0.29) is 5.69 Å². The van der Waals surface area contributed by atoms with Gasteiger partial charge in [0.05, 0.1) is 11.3 Å². The molecule has 0 amide bonds. The maximum atomic E-state index is 11.7. The summed E-state index contributed by atoms with van der Waals surface area (Å²) < 4.78 is 5.17. The molecule has 0 aliphatic carbocycles. The molecule has 2 aromatic rings. The Morgan fingerprint density at radius 2 is 1.85 bits per heavy atom. The van der Waals surface area contributed by atoms with Gasteiger partial charge in [-0.05, 0) is 18.2 Å². The molecule has 1 aliphatic heterocycles. The first-order valence-electron chi connectivity index (χ1n) is 5.89. The number of fused-ring (bicyclic) bond motifs is 1. The summed E-state index contributed by atoms with van der Waals surface area (Å²) in [6.45, 7) is 0. The number of carboxylic acids is 1. The quantitative estimate of drug-likeness (QED) is 0.846. The van der Waals surface area contributed by atoms with Gasteiger partial charge >= 0.3 is 11.9 Å². The van der Waals surface area contributed by atoms with E-state index in [0.29, 0.717) is 22.6 Å². The first-order valence-corrected chi connectivity index (χ1v) is 5.89. The molecule has 0 spiro atoms. The normalized spacial score (nSPS) is 15.0. The standard InChI is InChI=1S/C15H9NO4/c17-14(18)12-7-3-4-9(16-12)8-13-10-5-1-2-6-11(10)15(19)20-13/h1-8H,(H,17,18). The average Bonchev–Trinajstić information content (AvgIpc) is 2.76. The second-order valence-electron chi connectivity index (χ2n) is 4.20. The molecule has 2 heterocycles. The molecule has 20 heavy (non-hydrogen) atoms. The number of esters is 1. The van der Waals surface area contributed by atoms with E-state index in [2.05, 4.69) is 4.98 Å². The van der Waals surface area contributed by atoms with Gasteiger partial charge in [-0.25, -0.2) is 14.6 Å². The van der Waals surface area contributed by atoms with E-state index in [1.165, 1.54) is 6.07 Å². The number of carboxylic acid groups (broad SMARTS) is 1. The maximum absolute atomic E-state index is 11.7. The molecule has 1 N–H and O–H groups in total. The van der Waals surface area contributed by atoms with Gasteiger partial charge in [-0.1, -0.05) is 24.3 Å². The molecule has 3 rings (SSSR count). The number of cyclic esters (lactones) is 1. The number of carbonyl (C=O) groups excluding carboxylic acids is 1. The zero-order chi connectivity index (χ0) is 14.1. The van der Waals surface area contributed by atoms with Gasteiger partial charge in [-0.2, -0.15) is 0 Å². The molecule has 1 aromatic heterocycles. The lowest BCUT2D eigenvalue weighted by Gasteiger charge is -1.99. The number of rotatable bonds is 2. The van der Waals surface area contributed by atoms with Crippen LogP contribution in [0.25, 0.3) is 11.8 Å². The van der Waals surface area contributed by atoms with Crippen molar-refractivity contribution >= 4 is 23.8 Å². The molecule has 0 saturated carbocycles. The number of aromatic nitrogens is 1. The minimum Gasteiger partial charge on any atom is -0.477 e. The first-order chi connectivity index (χ1) is 9.65. The Morgan fingerprint density at radius 1 is 1.10 bits per heavy atom. The number of hydrogen-bond donors (Lipinski definition) is 1. The molecule has 0 fully saturated rings. The van der Waals surface area contributed by atoms with Crippen LogP contribution in [0.3, 0.4) is 0 Å². The minimum atomic E-state index is -1.10. The Bertz CT molecular complexity index is 749. The third-order valence-corrected chi connectivity index (χ3v) is 2.88. The van der Waals surface area contributed by atoms with Crippen molar-refractivity contribution in [1.82, 2.24) is 4.98 Å². The van der Waals surface area contributed by atoms with Gasteiger partial charge in [-0.15, -0.1) is 0 Å². The van der Waals surface area contributed by atoms with Crippen LogP contribution in [0.1, 0.15) is 32.1 Å². The molecule has 0 bridgehead atoms. The third kappa shape index (κ3) is 2.05. The maximum Gasteiger partial charge on any atom is 0.354 e. The van der Waals surface area contributed by atoms with Crippen molar-refractivity contribution in [2.24, 2.45) is 0 Å². The van der Waals surface area contributed by atoms with Crippen LogP contribution >= 0.6 is 0 Å². The fourth-order valence-electron chi connectivity index (χ4n) is 1.98. The molecule has 1 aliphatic rings. The van der Waals surface area contributed by atoms with Crippen molar-refractivity contribution in [2.75, 3.05) is 0 Å². The van der Waals surface area contributed by atoms with Crippen molar-refractivity contribution in [2.45, 2.75) is 0 Å². The largest absolute Gasteiger partial charge is 0.477 e. The Labute approximate surface area is 114 Å². The minimum absolute atomic E-state index is 0.0584. The lowest BCUT2D eigenvalue weighted by molar-refractivity contribution is 0.0686. The average molecular weight is 267 g/mol. The van der Waals surface area contributed by atoms with Crippen LogP contribution in [-0.2, 0) is 4.74 Å². The van der Waals surface area contributed by atoms with Crippen LogP contribution in [0, 0.1) is 0 Å². The Morgan fingerprint density at radius 3 is 2.60 bits per heavy atom. The second-order valence-corrected chi connectivity index (χ2v) is 4.20. The molecule has 5 nitrogen and oxygen atoms in total. The first kappa shape index (κ1) is 12.1. The summed E-state index contributed by atoms with van der Waals surface area (Å²) in [5.74, 6) is -1.14. The molecule has 0 unspecified atom stereocenters. The van der Waals surface area contributed by atoms with E-state index < -0.39 is 11.9 Å². The zero-order valence-corrected chi connectivity index (χ0v) is 10.2. The molecule has 0 saturated heterocycles. The number of ether oxygens (including phenoxy) is 1. The Hall–Kier alpha value is -2.95. The second kappa shape index (κ2) is 4.62. The third-order valence-electron chi connectivity index (χ3n) is 2.88. The van der Waals surface area contributed by atoms with Gasteiger partial charge in [0.25, 0.3) is 0 Å². The molecule has 5 heteroatoms. The number of hydrogen-bond acceptors (Lipinski definition) is 4. The van der Waals surface area contributed by atoms with Crippen molar-refractivity contribution < 1.29 is 19.4 Å². The topological polar surface area (TPSA) is 76.5 Å². The monoisotopic (exact) mass is 267 g/mol. The summed E-state index contributed by atoms with van der Waals surface area (Å²) in [6.07, 6.45) is 1.55. The fraction of sp³-hybridized carbons (Fsp3) is 0. The Balaban J connectivity index is 2.04. The highest BCUT2D eigenvalue weighted by Crippen LogP contribution is 2.30. The summed E-state index contributed by atoms with van der Waals surface area (Å²) in [6, 6.07) is 11.6. The summed E-state index contributed by atoms with van der Waals surface area (Å²) in [7, 11) is 0. The van der Waals surface area contributed by atoms with E-state index >= 15 is 0 Å². The number of pyridine rings is 1. The highest BCUT2D eigenvalue weighted by Gasteiger charge is 2.25. The van der Waals surface area contributed by atoms with Crippen molar-refractivity contribution in [1.29, 1.82) is 0 Å². The van der Waals surface area contributed by atoms with Gasteiger partial charge in [0.15, 0.2) is 0 Å². The van der Waals surface area contributed by atoms with E-state index in [1.54, 1.807) is 42.5 Å². The number of aromatic carboxylic acids is 1. The van der Waals surface area contributed by atoms with Crippen LogP contribution in [-0.4, -0.2) is 22.0 Å². The predicted molar refractivity (Wildman–Crippen MR) is 70.9 cm³/mol. The molecular weight excluding hydrogens is 258 g/mol. The van der Waals surface area contributed by atoms with Crippen molar-refractivity contribution in [3.05, 3.63) is 65.0 Å². The number of benzene rings is 1. The van der Waals surface area contributed by atoms with Crippen LogP contribution in [0.5, 0.6) is 0 Å². The predicted octanol–water partition coefficient (Wildman–Crippen LogP) is 2.45. The lowest BCUT2D eigenvalue weighted by atomic mass is 10.1. The highest BCUT2D eigenvalue weighted by molar-refractivity contribution is 6.05.